The molecule has 1 aromatic carbocycles. The molecule has 3 aromatic rings. The van der Waals surface area contributed by atoms with E-state index in [1.54, 1.807) is 29.3 Å². The molecule has 33 heavy (non-hydrogen) atoms. The van der Waals surface area contributed by atoms with E-state index in [0.29, 0.717) is 44.0 Å². The second-order valence-electron chi connectivity index (χ2n) is 7.30. The number of rotatable bonds is 6. The summed E-state index contributed by atoms with van der Waals surface area (Å²) in [7, 11) is 0. The van der Waals surface area contributed by atoms with E-state index in [1.165, 1.54) is 12.3 Å². The Morgan fingerprint density at radius 3 is 2.61 bits per heavy atom. The van der Waals surface area contributed by atoms with Crippen LogP contribution in [-0.2, 0) is 17.3 Å². The summed E-state index contributed by atoms with van der Waals surface area (Å²) in [5, 5.41) is 4.03. The molecule has 2 aromatic heterocycles. The van der Waals surface area contributed by atoms with Gasteiger partial charge in [0.1, 0.15) is 0 Å². The van der Waals surface area contributed by atoms with Gasteiger partial charge in [-0.25, -0.2) is 14.8 Å². The Kier molecular flexibility index (Phi) is 6.78. The lowest BCUT2D eigenvalue weighted by atomic mass is 10.0. The largest absolute Gasteiger partial charge is 0.416 e. The number of ether oxygens (including phenoxy) is 1. The average Bonchev–Trinajstić information content (AvgIpc) is 2.81. The van der Waals surface area contributed by atoms with Gasteiger partial charge in [-0.2, -0.15) is 23.3 Å². The Hall–Kier alpha value is -3.60. The molecule has 0 saturated carbocycles. The molecule has 1 aliphatic rings. The molecule has 0 spiro atoms. The second-order valence-corrected chi connectivity index (χ2v) is 7.30. The first kappa shape index (κ1) is 22.6. The fraction of sp³-hybridized carbons (Fsp3) is 0.273. The zero-order valence-electron chi connectivity index (χ0n) is 17.4. The summed E-state index contributed by atoms with van der Waals surface area (Å²) in [5.41, 5.74) is 3.79. The molecule has 1 aliphatic heterocycles. The minimum atomic E-state index is -4.38. The number of alkyl halides is 3. The van der Waals surface area contributed by atoms with Gasteiger partial charge in [-0.05, 0) is 29.7 Å². The number of nitrogens with zero attached hydrogens (tertiary/aromatic N) is 5. The fourth-order valence-corrected chi connectivity index (χ4v) is 3.28. The highest BCUT2D eigenvalue weighted by atomic mass is 19.4. The van der Waals surface area contributed by atoms with Crippen molar-refractivity contribution in [3.05, 3.63) is 77.0 Å². The van der Waals surface area contributed by atoms with Crippen molar-refractivity contribution in [3.63, 3.8) is 0 Å². The summed E-state index contributed by atoms with van der Waals surface area (Å²) in [6.45, 7) is 2.07. The normalized spacial score (nSPS) is 14.6. The van der Waals surface area contributed by atoms with Crippen LogP contribution in [0.3, 0.4) is 0 Å². The lowest BCUT2D eigenvalue weighted by Gasteiger charge is -2.27. The number of nitrogens with one attached hydrogen (secondary N) is 1. The maximum Gasteiger partial charge on any atom is 0.416 e. The molecule has 0 amide bonds. The van der Waals surface area contributed by atoms with Crippen LogP contribution in [0.25, 0.3) is 0 Å². The highest BCUT2D eigenvalue weighted by molar-refractivity contribution is 5.77. The van der Waals surface area contributed by atoms with Crippen LogP contribution >= 0.6 is 0 Å². The van der Waals surface area contributed by atoms with Gasteiger partial charge in [0.2, 0.25) is 5.95 Å². The van der Waals surface area contributed by atoms with Gasteiger partial charge in [0, 0.05) is 19.3 Å². The number of aromatic nitrogens is 3. The van der Waals surface area contributed by atoms with E-state index in [1.807, 2.05) is 0 Å². The molecule has 7 nitrogen and oxygen atoms in total. The number of pyridine rings is 1. The fourth-order valence-electron chi connectivity index (χ4n) is 3.28. The van der Waals surface area contributed by atoms with Gasteiger partial charge in [0.05, 0.1) is 36.9 Å². The zero-order chi connectivity index (χ0) is 23.3. The Labute approximate surface area is 187 Å². The smallest absolute Gasteiger partial charge is 0.378 e. The molecule has 0 bridgehead atoms. The molecule has 0 radical (unpaired) electrons. The van der Waals surface area contributed by atoms with Gasteiger partial charge in [0.25, 0.3) is 0 Å². The summed E-state index contributed by atoms with van der Waals surface area (Å²) in [6.07, 6.45) is 0.0390. The summed E-state index contributed by atoms with van der Waals surface area (Å²) >= 11 is 0. The van der Waals surface area contributed by atoms with E-state index in [4.69, 9.17) is 4.74 Å². The lowest BCUT2D eigenvalue weighted by molar-refractivity contribution is -0.137. The Bertz CT molecular complexity index is 1110. The van der Waals surface area contributed by atoms with Gasteiger partial charge in [-0.15, -0.1) is 0 Å². The van der Waals surface area contributed by atoms with Crippen molar-refractivity contribution in [2.75, 3.05) is 36.6 Å². The van der Waals surface area contributed by atoms with Gasteiger partial charge in [-0.3, -0.25) is 4.98 Å². The molecule has 0 unspecified atom stereocenters. The van der Waals surface area contributed by atoms with Crippen molar-refractivity contribution in [3.8, 4) is 0 Å². The van der Waals surface area contributed by atoms with E-state index in [0.717, 1.165) is 23.9 Å². The lowest BCUT2D eigenvalue weighted by Crippen LogP contribution is -2.37. The molecular weight excluding hydrogens is 440 g/mol. The molecule has 1 saturated heterocycles. The number of hydrogen-bond donors (Lipinski definition) is 1. The summed E-state index contributed by atoms with van der Waals surface area (Å²) < 4.78 is 58.0. The Morgan fingerprint density at radius 1 is 1.06 bits per heavy atom. The van der Waals surface area contributed by atoms with Crippen LogP contribution in [0.5, 0.6) is 0 Å². The minimum Gasteiger partial charge on any atom is -0.378 e. The number of hydrazone groups is 1. The number of benzene rings is 1. The van der Waals surface area contributed by atoms with Crippen molar-refractivity contribution < 1.29 is 22.3 Å². The van der Waals surface area contributed by atoms with Crippen molar-refractivity contribution in [1.29, 1.82) is 0 Å². The summed E-state index contributed by atoms with van der Waals surface area (Å²) in [6, 6.07) is 8.66. The topological polar surface area (TPSA) is 75.5 Å². The van der Waals surface area contributed by atoms with E-state index in [-0.39, 0.29) is 11.8 Å². The molecule has 4 rings (SSSR count). The van der Waals surface area contributed by atoms with Crippen LogP contribution in [0.2, 0.25) is 0 Å². The predicted molar refractivity (Wildman–Crippen MR) is 115 cm³/mol. The number of hydrogen-bond acceptors (Lipinski definition) is 7. The standard InChI is InChI=1S/C22H20F4N6O/c23-19-14-28-21(30-20(19)32-6-8-33-9-7-32)31-29-13-18-5-4-16(12-27-18)10-15-2-1-3-17(11-15)22(24,25)26/h1-5,11-14H,6-10H2,(H,28,30,31)/b29-13-. The van der Waals surface area contributed by atoms with Gasteiger partial charge < -0.3 is 9.64 Å². The Balaban J connectivity index is 1.37. The van der Waals surface area contributed by atoms with Gasteiger partial charge >= 0.3 is 6.18 Å². The maximum atomic E-state index is 14.1. The first-order chi connectivity index (χ1) is 15.9. The summed E-state index contributed by atoms with van der Waals surface area (Å²) in [5.74, 6) is -0.206. The molecule has 3 heterocycles. The molecule has 0 atom stereocenters. The number of anilines is 2. The third-order valence-electron chi connectivity index (χ3n) is 4.91. The number of halogens is 4. The quantitative estimate of drug-likeness (QED) is 0.342. The van der Waals surface area contributed by atoms with E-state index in [2.05, 4.69) is 25.5 Å². The van der Waals surface area contributed by atoms with E-state index in [9.17, 15) is 17.6 Å². The van der Waals surface area contributed by atoms with Crippen molar-refractivity contribution in [1.82, 2.24) is 15.0 Å². The predicted octanol–water partition coefficient (Wildman–Crippen LogP) is 3.90. The SMILES string of the molecule is Fc1cnc(N/N=C\c2ccc(Cc3cccc(C(F)(F)F)c3)cn2)nc1N1CCOCC1. The van der Waals surface area contributed by atoms with Crippen LogP contribution < -0.4 is 10.3 Å². The minimum absolute atomic E-state index is 0.135. The van der Waals surface area contributed by atoms with Gasteiger partial charge in [0.15, 0.2) is 11.6 Å². The van der Waals surface area contributed by atoms with Crippen LogP contribution in [0.1, 0.15) is 22.4 Å². The van der Waals surface area contributed by atoms with Gasteiger partial charge in [-0.1, -0.05) is 24.3 Å². The van der Waals surface area contributed by atoms with Crippen LogP contribution in [-0.4, -0.2) is 47.5 Å². The third-order valence-corrected chi connectivity index (χ3v) is 4.91. The molecule has 0 aliphatic carbocycles. The third kappa shape index (κ3) is 6.01. The second kappa shape index (κ2) is 9.90. The van der Waals surface area contributed by atoms with Crippen molar-refractivity contribution >= 4 is 18.0 Å². The zero-order valence-corrected chi connectivity index (χ0v) is 17.4. The van der Waals surface area contributed by atoms with Crippen LogP contribution in [0.4, 0.5) is 29.3 Å². The highest BCUT2D eigenvalue weighted by Gasteiger charge is 2.30. The van der Waals surface area contributed by atoms with Crippen LogP contribution in [0.15, 0.2) is 53.9 Å². The average molecular weight is 460 g/mol. The monoisotopic (exact) mass is 460 g/mol. The first-order valence-electron chi connectivity index (χ1n) is 10.1. The van der Waals surface area contributed by atoms with Crippen LogP contribution in [0, 0.1) is 5.82 Å². The molecule has 1 fully saturated rings. The van der Waals surface area contributed by atoms with Crippen molar-refractivity contribution in [2.24, 2.45) is 5.10 Å². The highest BCUT2D eigenvalue weighted by Crippen LogP contribution is 2.30. The number of morpholine rings is 1. The first-order valence-corrected chi connectivity index (χ1v) is 10.1. The molecule has 1 N–H and O–H groups in total. The summed E-state index contributed by atoms with van der Waals surface area (Å²) in [4.78, 5) is 14.1. The molecular formula is C22H20F4N6O. The van der Waals surface area contributed by atoms with E-state index >= 15 is 0 Å². The Morgan fingerprint density at radius 2 is 1.88 bits per heavy atom. The molecule has 11 heteroatoms. The van der Waals surface area contributed by atoms with E-state index < -0.39 is 17.6 Å². The molecule has 172 valence electrons. The maximum absolute atomic E-state index is 14.1. The van der Waals surface area contributed by atoms with Crippen molar-refractivity contribution in [2.45, 2.75) is 12.6 Å².